The summed E-state index contributed by atoms with van der Waals surface area (Å²) in [6, 6.07) is 19.3. The van der Waals surface area contributed by atoms with E-state index in [1.165, 1.54) is 43.4 Å². The molecule has 178 valence electrons. The van der Waals surface area contributed by atoms with Gasteiger partial charge in [0.2, 0.25) is 0 Å². The molecule has 2 saturated heterocycles. The molecule has 0 spiro atoms. The first kappa shape index (κ1) is 22.9. The molecule has 5 heteroatoms. The van der Waals surface area contributed by atoms with Gasteiger partial charge in [-0.1, -0.05) is 48.9 Å². The van der Waals surface area contributed by atoms with Crippen LogP contribution in [0, 0.1) is 0 Å². The van der Waals surface area contributed by atoms with E-state index < -0.39 is 0 Å². The molecule has 3 aliphatic rings. The molecule has 5 rings (SSSR count). The number of hydrogen-bond acceptors (Lipinski definition) is 5. The fourth-order valence-electron chi connectivity index (χ4n) is 5.63. The molecule has 0 N–H and O–H groups in total. The van der Waals surface area contributed by atoms with Crippen LogP contribution in [0.25, 0.3) is 0 Å². The van der Waals surface area contributed by atoms with Crippen molar-refractivity contribution >= 4 is 0 Å². The Bertz CT molecular complexity index is 870. The van der Waals surface area contributed by atoms with E-state index in [9.17, 15) is 0 Å². The maximum Gasteiger partial charge on any atom is 0.134 e. The standard InChI is InChI=1S/C28H38N2O3/c1-31-25-10-5-9-24(20-25)28(11-6-12-28)13-14-29-15-17-30(18-16-29)27-22-32-26(21-33-27)19-23-7-3-2-4-8-23/h2-5,7-10,20,26-27H,6,11-19,21-22H2,1H3. The summed E-state index contributed by atoms with van der Waals surface area (Å²) in [4.78, 5) is 5.11. The van der Waals surface area contributed by atoms with Gasteiger partial charge in [-0.25, -0.2) is 0 Å². The second-order valence-electron chi connectivity index (χ2n) is 9.93. The Kier molecular flexibility index (Phi) is 7.31. The van der Waals surface area contributed by atoms with Gasteiger partial charge in [-0.05, 0) is 54.5 Å². The van der Waals surface area contributed by atoms with Crippen LogP contribution >= 0.6 is 0 Å². The molecule has 2 aliphatic heterocycles. The lowest BCUT2D eigenvalue weighted by atomic mass is 9.62. The first-order chi connectivity index (χ1) is 16.2. The van der Waals surface area contributed by atoms with Crippen molar-refractivity contribution in [2.24, 2.45) is 0 Å². The number of piperazine rings is 1. The zero-order valence-electron chi connectivity index (χ0n) is 20.0. The highest BCUT2D eigenvalue weighted by Crippen LogP contribution is 2.47. The molecule has 0 bridgehead atoms. The molecule has 0 amide bonds. The van der Waals surface area contributed by atoms with Gasteiger partial charge in [-0.3, -0.25) is 4.90 Å². The van der Waals surface area contributed by atoms with Gasteiger partial charge < -0.3 is 19.1 Å². The van der Waals surface area contributed by atoms with Gasteiger partial charge in [-0.15, -0.1) is 0 Å². The average molecular weight is 451 g/mol. The Balaban J connectivity index is 1.06. The highest BCUT2D eigenvalue weighted by Gasteiger charge is 2.39. The number of methoxy groups -OCH3 is 1. The third kappa shape index (κ3) is 5.43. The van der Waals surface area contributed by atoms with Crippen LogP contribution in [0.1, 0.15) is 36.8 Å². The Morgan fingerprint density at radius 1 is 0.939 bits per heavy atom. The zero-order chi connectivity index (χ0) is 22.5. The fourth-order valence-corrected chi connectivity index (χ4v) is 5.63. The predicted molar refractivity (Wildman–Crippen MR) is 131 cm³/mol. The minimum atomic E-state index is 0.105. The van der Waals surface area contributed by atoms with E-state index >= 15 is 0 Å². The lowest BCUT2D eigenvalue weighted by Gasteiger charge is -2.45. The minimum absolute atomic E-state index is 0.105. The molecule has 1 saturated carbocycles. The summed E-state index contributed by atoms with van der Waals surface area (Å²) in [5, 5.41) is 0. The quantitative estimate of drug-likeness (QED) is 0.605. The molecule has 33 heavy (non-hydrogen) atoms. The Morgan fingerprint density at radius 3 is 2.42 bits per heavy atom. The van der Waals surface area contributed by atoms with Crippen molar-refractivity contribution in [2.45, 2.75) is 49.9 Å². The molecular weight excluding hydrogens is 412 g/mol. The summed E-state index contributed by atoms with van der Waals surface area (Å²) < 4.78 is 17.9. The van der Waals surface area contributed by atoms with Crippen molar-refractivity contribution in [1.82, 2.24) is 9.80 Å². The summed E-state index contributed by atoms with van der Waals surface area (Å²) >= 11 is 0. The highest BCUT2D eigenvalue weighted by molar-refractivity contribution is 5.35. The van der Waals surface area contributed by atoms with Gasteiger partial charge in [0.25, 0.3) is 0 Å². The lowest BCUT2D eigenvalue weighted by molar-refractivity contribution is -0.190. The number of rotatable bonds is 8. The zero-order valence-corrected chi connectivity index (χ0v) is 20.0. The molecule has 0 radical (unpaired) electrons. The monoisotopic (exact) mass is 450 g/mol. The maximum atomic E-state index is 6.23. The number of nitrogens with zero attached hydrogens (tertiary/aromatic N) is 2. The van der Waals surface area contributed by atoms with Crippen molar-refractivity contribution in [1.29, 1.82) is 0 Å². The van der Waals surface area contributed by atoms with Crippen LogP contribution in [0.4, 0.5) is 0 Å². The molecule has 2 unspecified atom stereocenters. The van der Waals surface area contributed by atoms with E-state index in [2.05, 4.69) is 64.4 Å². The van der Waals surface area contributed by atoms with Crippen LogP contribution in [0.15, 0.2) is 54.6 Å². The summed E-state index contributed by atoms with van der Waals surface area (Å²) in [5.74, 6) is 0.980. The topological polar surface area (TPSA) is 34.2 Å². The van der Waals surface area contributed by atoms with Gasteiger partial charge in [-0.2, -0.15) is 0 Å². The Labute approximate surface area is 198 Å². The van der Waals surface area contributed by atoms with Crippen LogP contribution in [0.3, 0.4) is 0 Å². The first-order valence-electron chi connectivity index (χ1n) is 12.6. The lowest BCUT2D eigenvalue weighted by Crippen LogP contribution is -2.55. The van der Waals surface area contributed by atoms with Gasteiger partial charge in [0.05, 0.1) is 26.4 Å². The second-order valence-corrected chi connectivity index (χ2v) is 9.93. The van der Waals surface area contributed by atoms with Crippen LogP contribution < -0.4 is 4.74 Å². The fraction of sp³-hybridized carbons (Fsp3) is 0.571. The van der Waals surface area contributed by atoms with Crippen molar-refractivity contribution in [2.75, 3.05) is 53.0 Å². The van der Waals surface area contributed by atoms with E-state index in [1.807, 2.05) is 0 Å². The van der Waals surface area contributed by atoms with Gasteiger partial charge in [0.15, 0.2) is 0 Å². The molecule has 5 nitrogen and oxygen atoms in total. The van der Waals surface area contributed by atoms with E-state index in [0.29, 0.717) is 18.6 Å². The molecular formula is C28H38N2O3. The van der Waals surface area contributed by atoms with Crippen LogP contribution in [-0.4, -0.2) is 75.2 Å². The van der Waals surface area contributed by atoms with Crippen molar-refractivity contribution in [3.63, 3.8) is 0 Å². The number of hydrogen-bond donors (Lipinski definition) is 0. The Morgan fingerprint density at radius 2 is 1.76 bits per heavy atom. The van der Waals surface area contributed by atoms with E-state index in [0.717, 1.165) is 38.3 Å². The minimum Gasteiger partial charge on any atom is -0.497 e. The third-order valence-corrected chi connectivity index (χ3v) is 7.97. The summed E-state index contributed by atoms with van der Waals surface area (Å²) in [6.07, 6.45) is 6.39. The first-order valence-corrected chi connectivity index (χ1v) is 12.6. The van der Waals surface area contributed by atoms with E-state index in [4.69, 9.17) is 14.2 Å². The Hall–Kier alpha value is -1.92. The molecule has 2 aromatic carbocycles. The predicted octanol–water partition coefficient (Wildman–Crippen LogP) is 4.11. The molecule has 2 heterocycles. The van der Waals surface area contributed by atoms with Crippen LogP contribution in [-0.2, 0) is 21.3 Å². The smallest absolute Gasteiger partial charge is 0.134 e. The van der Waals surface area contributed by atoms with E-state index in [1.54, 1.807) is 7.11 Å². The molecule has 2 aromatic rings. The highest BCUT2D eigenvalue weighted by atomic mass is 16.6. The van der Waals surface area contributed by atoms with Crippen molar-refractivity contribution in [3.8, 4) is 5.75 Å². The van der Waals surface area contributed by atoms with Gasteiger partial charge in [0, 0.05) is 32.6 Å². The third-order valence-electron chi connectivity index (χ3n) is 7.97. The van der Waals surface area contributed by atoms with Crippen molar-refractivity contribution < 1.29 is 14.2 Å². The maximum absolute atomic E-state index is 6.23. The average Bonchev–Trinajstić information content (AvgIpc) is 2.85. The molecule has 3 fully saturated rings. The molecule has 0 aromatic heterocycles. The second kappa shape index (κ2) is 10.6. The number of ether oxygens (including phenoxy) is 3. The summed E-state index contributed by atoms with van der Waals surface area (Å²) in [7, 11) is 1.76. The molecule has 1 aliphatic carbocycles. The van der Waals surface area contributed by atoms with Crippen LogP contribution in [0.5, 0.6) is 5.75 Å². The molecule has 2 atom stereocenters. The normalized spacial score (nSPS) is 26.0. The van der Waals surface area contributed by atoms with Gasteiger partial charge >= 0.3 is 0 Å². The van der Waals surface area contributed by atoms with Gasteiger partial charge in [0.1, 0.15) is 12.0 Å². The van der Waals surface area contributed by atoms with E-state index in [-0.39, 0.29) is 12.3 Å². The largest absolute Gasteiger partial charge is 0.497 e. The number of benzene rings is 2. The van der Waals surface area contributed by atoms with Crippen LogP contribution in [0.2, 0.25) is 0 Å². The summed E-state index contributed by atoms with van der Waals surface area (Å²) in [6.45, 7) is 6.88. The SMILES string of the molecule is COc1cccc(C2(CCN3CCN(C4COC(Cc5ccccc5)CO4)CC3)CCC2)c1. The van der Waals surface area contributed by atoms with Crippen molar-refractivity contribution in [3.05, 3.63) is 65.7 Å². The summed E-state index contributed by atoms with van der Waals surface area (Å²) in [5.41, 5.74) is 3.13.